The van der Waals surface area contributed by atoms with Crippen LogP contribution in [0.15, 0.2) is 42.5 Å². The fraction of sp³-hybridized carbons (Fsp3) is 0.105. The van der Waals surface area contributed by atoms with Crippen molar-refractivity contribution in [2.24, 2.45) is 0 Å². The van der Waals surface area contributed by atoms with E-state index >= 15 is 0 Å². The van der Waals surface area contributed by atoms with Gasteiger partial charge in [0.25, 0.3) is 11.8 Å². The van der Waals surface area contributed by atoms with E-state index in [0.29, 0.717) is 15.8 Å². The number of halogens is 2. The van der Waals surface area contributed by atoms with Gasteiger partial charge in [-0.15, -0.1) is 11.3 Å². The summed E-state index contributed by atoms with van der Waals surface area (Å²) >= 11 is 7.36. The van der Waals surface area contributed by atoms with Crippen LogP contribution < -0.4 is 20.9 Å². The number of hydrogen-bond donors (Lipinski definition) is 3. The molecule has 0 unspecified atom stereocenters. The minimum Gasteiger partial charge on any atom is -0.484 e. The van der Waals surface area contributed by atoms with Crippen LogP contribution in [0.4, 0.5) is 10.1 Å². The number of carbonyl (C=O) groups excluding carboxylic acids is 3. The maximum Gasteiger partial charge on any atom is 0.281 e. The Hall–Kier alpha value is -3.17. The number of hydrogen-bond acceptors (Lipinski definition) is 5. The molecular weight excluding hydrogens is 421 g/mol. The van der Waals surface area contributed by atoms with Crippen molar-refractivity contribution in [2.75, 3.05) is 11.9 Å². The lowest BCUT2D eigenvalue weighted by atomic mass is 10.2. The van der Waals surface area contributed by atoms with Crippen LogP contribution in [0, 0.1) is 5.82 Å². The van der Waals surface area contributed by atoms with Gasteiger partial charge in [-0.3, -0.25) is 25.2 Å². The average Bonchev–Trinajstić information content (AvgIpc) is 3.02. The lowest BCUT2D eigenvalue weighted by Gasteiger charge is -2.08. The zero-order chi connectivity index (χ0) is 21.0. The smallest absolute Gasteiger partial charge is 0.281 e. The number of amides is 3. The predicted molar refractivity (Wildman–Crippen MR) is 109 cm³/mol. The lowest BCUT2D eigenvalue weighted by Crippen LogP contribution is -2.40. The minimum absolute atomic E-state index is 0.0661. The second-order valence-electron chi connectivity index (χ2n) is 5.86. The van der Waals surface area contributed by atoms with Gasteiger partial charge in [-0.2, -0.15) is 0 Å². The minimum atomic E-state index is -0.543. The van der Waals surface area contributed by atoms with Crippen molar-refractivity contribution >= 4 is 56.4 Å². The van der Waals surface area contributed by atoms with Gasteiger partial charge in [-0.05, 0) is 30.3 Å². The molecule has 10 heteroatoms. The summed E-state index contributed by atoms with van der Waals surface area (Å²) < 4.78 is 19.7. The molecule has 0 saturated heterocycles. The van der Waals surface area contributed by atoms with Crippen molar-refractivity contribution in [3.63, 3.8) is 0 Å². The Bertz CT molecular complexity index is 1100. The van der Waals surface area contributed by atoms with Gasteiger partial charge in [0.1, 0.15) is 16.4 Å². The fourth-order valence-corrected chi connectivity index (χ4v) is 3.82. The zero-order valence-corrected chi connectivity index (χ0v) is 16.6. The first-order valence-electron chi connectivity index (χ1n) is 8.31. The number of hydrazine groups is 1. The SMILES string of the molecule is CC(=O)NNC(=O)c1sc2cc(OCC(=O)Nc3ccccc3F)ccc2c1Cl. The first kappa shape index (κ1) is 20.6. The van der Waals surface area contributed by atoms with Gasteiger partial charge in [0, 0.05) is 17.0 Å². The number of rotatable bonds is 5. The summed E-state index contributed by atoms with van der Waals surface area (Å²) in [6, 6.07) is 10.7. The van der Waals surface area contributed by atoms with Crippen LogP contribution in [0.1, 0.15) is 16.6 Å². The first-order valence-corrected chi connectivity index (χ1v) is 9.50. The highest BCUT2D eigenvalue weighted by Crippen LogP contribution is 2.37. The molecule has 3 aromatic rings. The molecule has 0 atom stereocenters. The van der Waals surface area contributed by atoms with E-state index in [1.807, 2.05) is 0 Å². The number of para-hydroxylation sites is 1. The molecule has 0 aliphatic carbocycles. The monoisotopic (exact) mass is 435 g/mol. The molecule has 0 fully saturated rings. The Labute approximate surface area is 173 Å². The third-order valence-electron chi connectivity index (χ3n) is 3.68. The first-order chi connectivity index (χ1) is 13.8. The van der Waals surface area contributed by atoms with E-state index in [1.54, 1.807) is 24.3 Å². The Morgan fingerprint density at radius 2 is 1.90 bits per heavy atom. The highest BCUT2D eigenvalue weighted by atomic mass is 35.5. The summed E-state index contributed by atoms with van der Waals surface area (Å²) in [6.45, 7) is 0.938. The lowest BCUT2D eigenvalue weighted by molar-refractivity contribution is -0.120. The van der Waals surface area contributed by atoms with E-state index in [1.165, 1.54) is 25.1 Å². The normalized spacial score (nSPS) is 10.4. The summed E-state index contributed by atoms with van der Waals surface area (Å²) in [5.41, 5.74) is 4.52. The van der Waals surface area contributed by atoms with Gasteiger partial charge in [-0.25, -0.2) is 4.39 Å². The predicted octanol–water partition coefficient (Wildman–Crippen LogP) is 3.49. The van der Waals surface area contributed by atoms with Gasteiger partial charge in [0.15, 0.2) is 6.61 Å². The van der Waals surface area contributed by atoms with Gasteiger partial charge in [-0.1, -0.05) is 23.7 Å². The van der Waals surface area contributed by atoms with Crippen molar-refractivity contribution in [1.82, 2.24) is 10.9 Å². The maximum atomic E-state index is 13.6. The molecule has 0 bridgehead atoms. The molecule has 150 valence electrons. The van der Waals surface area contributed by atoms with Crippen molar-refractivity contribution in [3.05, 3.63) is 58.2 Å². The summed E-state index contributed by atoms with van der Waals surface area (Å²) in [6.07, 6.45) is 0. The number of fused-ring (bicyclic) bond motifs is 1. The van der Waals surface area contributed by atoms with Crippen molar-refractivity contribution in [1.29, 1.82) is 0 Å². The highest BCUT2D eigenvalue weighted by molar-refractivity contribution is 7.21. The molecule has 0 spiro atoms. The summed E-state index contributed by atoms with van der Waals surface area (Å²) in [7, 11) is 0. The van der Waals surface area contributed by atoms with Gasteiger partial charge < -0.3 is 10.1 Å². The molecular formula is C19H15ClFN3O4S. The van der Waals surface area contributed by atoms with Crippen molar-refractivity contribution in [2.45, 2.75) is 6.92 Å². The molecule has 7 nitrogen and oxygen atoms in total. The van der Waals surface area contributed by atoms with Crippen LogP contribution in [0.2, 0.25) is 5.02 Å². The van der Waals surface area contributed by atoms with Gasteiger partial charge in [0.05, 0.1) is 10.7 Å². The van der Waals surface area contributed by atoms with Crippen LogP contribution in [0.3, 0.4) is 0 Å². The maximum absolute atomic E-state index is 13.6. The Kier molecular flexibility index (Phi) is 6.30. The number of nitrogens with one attached hydrogen (secondary N) is 3. The van der Waals surface area contributed by atoms with Crippen LogP contribution >= 0.6 is 22.9 Å². The molecule has 0 aliphatic rings. The van der Waals surface area contributed by atoms with Crippen LogP contribution in [0.5, 0.6) is 5.75 Å². The zero-order valence-electron chi connectivity index (χ0n) is 15.0. The van der Waals surface area contributed by atoms with Crippen LogP contribution in [-0.2, 0) is 9.59 Å². The number of ether oxygens (including phenoxy) is 1. The molecule has 3 N–H and O–H groups in total. The fourth-order valence-electron chi connectivity index (χ4n) is 2.38. The third kappa shape index (κ3) is 5.01. The molecule has 29 heavy (non-hydrogen) atoms. The second kappa shape index (κ2) is 8.89. The van der Waals surface area contributed by atoms with E-state index in [0.717, 1.165) is 11.3 Å². The van der Waals surface area contributed by atoms with Crippen LogP contribution in [-0.4, -0.2) is 24.3 Å². The Morgan fingerprint density at radius 3 is 2.62 bits per heavy atom. The number of carbonyl (C=O) groups is 3. The van der Waals surface area contributed by atoms with Gasteiger partial charge >= 0.3 is 0 Å². The Balaban J connectivity index is 1.68. The molecule has 0 radical (unpaired) electrons. The topological polar surface area (TPSA) is 96.5 Å². The molecule has 2 aromatic carbocycles. The highest BCUT2D eigenvalue weighted by Gasteiger charge is 2.18. The van der Waals surface area contributed by atoms with Crippen molar-refractivity contribution in [3.8, 4) is 5.75 Å². The van der Waals surface area contributed by atoms with E-state index in [4.69, 9.17) is 16.3 Å². The number of thiophene rings is 1. The number of benzene rings is 2. The molecule has 3 rings (SSSR count). The second-order valence-corrected chi connectivity index (χ2v) is 7.29. The van der Waals surface area contributed by atoms with Crippen molar-refractivity contribution < 1.29 is 23.5 Å². The standard InChI is InChI=1S/C19H15ClFN3O4S/c1-10(25)23-24-19(27)18-17(20)12-7-6-11(8-15(12)29-18)28-9-16(26)22-14-5-3-2-4-13(14)21/h2-8H,9H2,1H3,(H,22,26)(H,23,25)(H,24,27). The summed E-state index contributed by atoms with van der Waals surface area (Å²) in [4.78, 5) is 35.2. The quantitative estimate of drug-likeness (QED) is 0.534. The number of anilines is 1. The average molecular weight is 436 g/mol. The molecule has 1 heterocycles. The van der Waals surface area contributed by atoms with Crippen LogP contribution in [0.25, 0.3) is 10.1 Å². The molecule has 1 aromatic heterocycles. The Morgan fingerprint density at radius 1 is 1.14 bits per heavy atom. The largest absolute Gasteiger partial charge is 0.484 e. The van der Waals surface area contributed by atoms with E-state index < -0.39 is 23.5 Å². The van der Waals surface area contributed by atoms with E-state index in [2.05, 4.69) is 16.2 Å². The van der Waals surface area contributed by atoms with E-state index in [-0.39, 0.29) is 22.2 Å². The summed E-state index contributed by atoms with van der Waals surface area (Å²) in [5.74, 6) is -1.64. The molecule has 0 aliphatic heterocycles. The van der Waals surface area contributed by atoms with E-state index in [9.17, 15) is 18.8 Å². The third-order valence-corrected chi connectivity index (χ3v) is 5.33. The summed E-state index contributed by atoms with van der Waals surface area (Å²) in [5, 5.41) is 3.30. The van der Waals surface area contributed by atoms with Gasteiger partial charge in [0.2, 0.25) is 5.91 Å². The molecule has 0 saturated carbocycles. The molecule has 3 amide bonds.